The third-order valence-electron chi connectivity index (χ3n) is 3.33. The fourth-order valence-electron chi connectivity index (χ4n) is 2.17. The van der Waals surface area contributed by atoms with Gasteiger partial charge >= 0.3 is 0 Å². The zero-order chi connectivity index (χ0) is 14.4. The molecule has 0 atom stereocenters. The van der Waals surface area contributed by atoms with Gasteiger partial charge in [0.05, 0.1) is 5.02 Å². The van der Waals surface area contributed by atoms with Gasteiger partial charge in [0.15, 0.2) is 0 Å². The second-order valence-corrected chi connectivity index (χ2v) is 5.20. The highest BCUT2D eigenvalue weighted by atomic mass is 35.5. The number of benzene rings is 1. The topological polar surface area (TPSA) is 42.2 Å². The van der Waals surface area contributed by atoms with Crippen molar-refractivity contribution in [3.63, 3.8) is 0 Å². The molecule has 2 aromatic rings. The smallest absolute Gasteiger partial charge is 0.147 e. The Hall–Kier alpha value is -1.58. The molecule has 0 radical (unpaired) electrons. The second kappa shape index (κ2) is 7.27. The van der Waals surface area contributed by atoms with Gasteiger partial charge in [-0.1, -0.05) is 41.9 Å². The van der Waals surface area contributed by atoms with Gasteiger partial charge in [-0.25, -0.2) is 4.98 Å². The zero-order valence-corrected chi connectivity index (χ0v) is 12.5. The van der Waals surface area contributed by atoms with Crippen molar-refractivity contribution in [1.29, 1.82) is 0 Å². The van der Waals surface area contributed by atoms with Crippen LogP contribution >= 0.6 is 11.6 Å². The normalized spacial score (nSPS) is 10.6. The van der Waals surface area contributed by atoms with Crippen LogP contribution in [0.15, 0.2) is 42.6 Å². The van der Waals surface area contributed by atoms with Crippen LogP contribution in [0.4, 0.5) is 5.82 Å². The average Bonchev–Trinajstić information content (AvgIpc) is 2.48. The van der Waals surface area contributed by atoms with Crippen LogP contribution in [0.1, 0.15) is 17.5 Å². The Kier molecular flexibility index (Phi) is 5.39. The molecule has 3 nitrogen and oxygen atoms in total. The van der Waals surface area contributed by atoms with Gasteiger partial charge in [-0.3, -0.25) is 0 Å². The Morgan fingerprint density at radius 2 is 1.95 bits per heavy atom. The van der Waals surface area contributed by atoms with E-state index in [0.29, 0.717) is 11.6 Å². The summed E-state index contributed by atoms with van der Waals surface area (Å²) in [4.78, 5) is 6.44. The Morgan fingerprint density at radius 1 is 1.20 bits per heavy atom. The summed E-state index contributed by atoms with van der Waals surface area (Å²) in [6, 6.07) is 12.4. The number of pyridine rings is 1. The minimum Gasteiger partial charge on any atom is -0.358 e. The van der Waals surface area contributed by atoms with Gasteiger partial charge in [-0.2, -0.15) is 0 Å². The second-order valence-electron chi connectivity index (χ2n) is 4.82. The summed E-state index contributed by atoms with van der Waals surface area (Å²) in [5, 5.41) is 0.664. The summed E-state index contributed by atoms with van der Waals surface area (Å²) < 4.78 is 0. The Bertz CT molecular complexity index is 543. The molecular weight excluding hydrogens is 270 g/mol. The van der Waals surface area contributed by atoms with Crippen LogP contribution in [0.2, 0.25) is 5.02 Å². The summed E-state index contributed by atoms with van der Waals surface area (Å²) in [7, 11) is 2.01. The molecule has 0 unspecified atom stereocenters. The molecule has 0 saturated heterocycles. The van der Waals surface area contributed by atoms with Crippen molar-refractivity contribution >= 4 is 17.4 Å². The third-order valence-corrected chi connectivity index (χ3v) is 3.75. The van der Waals surface area contributed by atoms with Crippen molar-refractivity contribution in [3.8, 4) is 0 Å². The SMILES string of the molecule is CN(CCCc1ccccc1)c1nccc(CN)c1Cl. The molecule has 0 aliphatic heterocycles. The third kappa shape index (κ3) is 3.71. The maximum Gasteiger partial charge on any atom is 0.147 e. The van der Waals surface area contributed by atoms with E-state index in [2.05, 4.69) is 34.1 Å². The van der Waals surface area contributed by atoms with E-state index in [0.717, 1.165) is 30.8 Å². The fourth-order valence-corrected chi connectivity index (χ4v) is 2.50. The summed E-state index contributed by atoms with van der Waals surface area (Å²) >= 11 is 6.32. The van der Waals surface area contributed by atoms with E-state index in [-0.39, 0.29) is 0 Å². The monoisotopic (exact) mass is 289 g/mol. The molecular formula is C16H20ClN3. The molecule has 0 saturated carbocycles. The molecule has 0 aliphatic carbocycles. The van der Waals surface area contributed by atoms with Crippen molar-refractivity contribution < 1.29 is 0 Å². The lowest BCUT2D eigenvalue weighted by Gasteiger charge is -2.20. The number of nitrogens with zero attached hydrogens (tertiary/aromatic N) is 2. The van der Waals surface area contributed by atoms with E-state index in [9.17, 15) is 0 Å². The molecule has 2 N–H and O–H groups in total. The van der Waals surface area contributed by atoms with Crippen LogP contribution in [0.25, 0.3) is 0 Å². The van der Waals surface area contributed by atoms with Crippen molar-refractivity contribution in [2.75, 3.05) is 18.5 Å². The molecule has 106 valence electrons. The predicted octanol–water partition coefficient (Wildman–Crippen LogP) is 3.26. The van der Waals surface area contributed by atoms with Gasteiger partial charge in [0, 0.05) is 26.3 Å². The molecule has 0 bridgehead atoms. The number of halogens is 1. The first kappa shape index (κ1) is 14.8. The number of nitrogens with two attached hydrogens (primary N) is 1. The van der Waals surface area contributed by atoms with Gasteiger partial charge in [0.2, 0.25) is 0 Å². The average molecular weight is 290 g/mol. The fraction of sp³-hybridized carbons (Fsp3) is 0.312. The Balaban J connectivity index is 1.93. The standard InChI is InChI=1S/C16H20ClN3/c1-20(11-5-8-13-6-3-2-4-7-13)16-15(17)14(12-18)9-10-19-16/h2-4,6-7,9-10H,5,8,11-12,18H2,1H3. The number of hydrogen-bond donors (Lipinski definition) is 1. The highest BCUT2D eigenvalue weighted by Gasteiger charge is 2.10. The quantitative estimate of drug-likeness (QED) is 0.887. The number of aryl methyl sites for hydroxylation is 1. The van der Waals surface area contributed by atoms with Crippen molar-refractivity contribution in [2.24, 2.45) is 5.73 Å². The van der Waals surface area contributed by atoms with E-state index in [1.807, 2.05) is 19.2 Å². The van der Waals surface area contributed by atoms with Gasteiger partial charge in [-0.15, -0.1) is 0 Å². The summed E-state index contributed by atoms with van der Waals surface area (Å²) in [5.74, 6) is 0.808. The highest BCUT2D eigenvalue weighted by Crippen LogP contribution is 2.25. The molecule has 1 heterocycles. The van der Waals surface area contributed by atoms with Crippen molar-refractivity contribution in [1.82, 2.24) is 4.98 Å². The zero-order valence-electron chi connectivity index (χ0n) is 11.7. The van der Waals surface area contributed by atoms with Crippen LogP contribution in [0.3, 0.4) is 0 Å². The molecule has 0 fully saturated rings. The lowest BCUT2D eigenvalue weighted by Crippen LogP contribution is -2.21. The molecule has 1 aromatic heterocycles. The lowest BCUT2D eigenvalue weighted by atomic mass is 10.1. The largest absolute Gasteiger partial charge is 0.358 e. The summed E-state index contributed by atoms with van der Waals surface area (Å²) in [6.07, 6.45) is 3.88. The maximum absolute atomic E-state index is 6.32. The van der Waals surface area contributed by atoms with Gasteiger partial charge in [0.1, 0.15) is 5.82 Å². The molecule has 1 aromatic carbocycles. The molecule has 20 heavy (non-hydrogen) atoms. The van der Waals surface area contributed by atoms with E-state index in [4.69, 9.17) is 17.3 Å². The van der Waals surface area contributed by atoms with E-state index in [1.54, 1.807) is 6.20 Å². The van der Waals surface area contributed by atoms with Crippen LogP contribution in [0, 0.1) is 0 Å². The predicted molar refractivity (Wildman–Crippen MR) is 85.2 cm³/mol. The van der Waals surface area contributed by atoms with Crippen LogP contribution in [0.5, 0.6) is 0 Å². The van der Waals surface area contributed by atoms with E-state index < -0.39 is 0 Å². The minimum absolute atomic E-state index is 0.437. The van der Waals surface area contributed by atoms with Crippen LogP contribution < -0.4 is 10.6 Å². The Labute approximate surface area is 125 Å². The summed E-state index contributed by atoms with van der Waals surface area (Å²) in [5.41, 5.74) is 7.96. The number of anilines is 1. The van der Waals surface area contributed by atoms with Crippen molar-refractivity contribution in [2.45, 2.75) is 19.4 Å². The number of aromatic nitrogens is 1. The first-order chi connectivity index (χ1) is 9.72. The Morgan fingerprint density at radius 3 is 2.65 bits per heavy atom. The molecule has 0 aliphatic rings. The molecule has 0 amide bonds. The maximum atomic E-state index is 6.32. The van der Waals surface area contributed by atoms with Crippen molar-refractivity contribution in [3.05, 3.63) is 58.7 Å². The lowest BCUT2D eigenvalue weighted by molar-refractivity contribution is 0.776. The molecule has 2 rings (SSSR count). The number of hydrogen-bond acceptors (Lipinski definition) is 3. The van der Waals surface area contributed by atoms with Gasteiger partial charge < -0.3 is 10.6 Å². The number of rotatable bonds is 6. The van der Waals surface area contributed by atoms with E-state index in [1.165, 1.54) is 5.56 Å². The minimum atomic E-state index is 0.437. The molecule has 4 heteroatoms. The van der Waals surface area contributed by atoms with E-state index >= 15 is 0 Å². The first-order valence-corrected chi connectivity index (χ1v) is 7.18. The van der Waals surface area contributed by atoms with Gasteiger partial charge in [0.25, 0.3) is 0 Å². The summed E-state index contributed by atoms with van der Waals surface area (Å²) in [6.45, 7) is 1.35. The van der Waals surface area contributed by atoms with Gasteiger partial charge in [-0.05, 0) is 30.0 Å². The van der Waals surface area contributed by atoms with Crippen LogP contribution in [-0.2, 0) is 13.0 Å². The first-order valence-electron chi connectivity index (χ1n) is 6.81. The van der Waals surface area contributed by atoms with Crippen LogP contribution in [-0.4, -0.2) is 18.6 Å². The molecule has 0 spiro atoms. The highest BCUT2D eigenvalue weighted by molar-refractivity contribution is 6.33.